The number of hydrogen-bond donors (Lipinski definition) is 1. The molecule has 5 nitrogen and oxygen atoms in total. The molecule has 2 N–H and O–H groups in total. The van der Waals surface area contributed by atoms with Crippen molar-refractivity contribution in [2.45, 2.75) is 11.8 Å². The highest BCUT2D eigenvalue weighted by Crippen LogP contribution is 2.11. The Kier molecular flexibility index (Phi) is 4.48. The van der Waals surface area contributed by atoms with E-state index >= 15 is 0 Å². The number of esters is 1. The number of ether oxygens (including phenoxy) is 1. The van der Waals surface area contributed by atoms with Gasteiger partial charge in [-0.2, -0.15) is 11.8 Å². The molecule has 0 radical (unpaired) electrons. The second-order valence-corrected chi connectivity index (χ2v) is 3.71. The molecule has 1 heterocycles. The minimum atomic E-state index is -0.565. The van der Waals surface area contributed by atoms with E-state index in [1.165, 1.54) is 18.9 Å². The van der Waals surface area contributed by atoms with Crippen molar-refractivity contribution in [1.29, 1.82) is 0 Å². The minimum absolute atomic E-state index is 0.386. The summed E-state index contributed by atoms with van der Waals surface area (Å²) in [5.74, 6) is 0.870. The molecule has 0 spiro atoms. The van der Waals surface area contributed by atoms with Crippen molar-refractivity contribution in [3.05, 3.63) is 18.0 Å². The summed E-state index contributed by atoms with van der Waals surface area (Å²) < 4.78 is 9.15. The van der Waals surface area contributed by atoms with E-state index < -0.39 is 6.04 Å². The third kappa shape index (κ3) is 3.39. The maximum atomic E-state index is 10.9. The Morgan fingerprint density at radius 3 is 3.21 bits per heavy atom. The van der Waals surface area contributed by atoms with Crippen LogP contribution in [0.2, 0.25) is 0 Å². The molecule has 0 aromatic carbocycles. The van der Waals surface area contributed by atoms with Gasteiger partial charge in [0.2, 0.25) is 0 Å². The standard InChI is InChI=1S/C8H12N2O3S/c1-12-8(11)7(9)5-14-4-6-2-10-13-3-6/h2-3,7H,4-5,9H2,1H3. The highest BCUT2D eigenvalue weighted by molar-refractivity contribution is 7.98. The second kappa shape index (κ2) is 5.66. The van der Waals surface area contributed by atoms with Crippen LogP contribution in [0.1, 0.15) is 5.56 Å². The minimum Gasteiger partial charge on any atom is -0.468 e. The fourth-order valence-corrected chi connectivity index (χ4v) is 1.71. The van der Waals surface area contributed by atoms with E-state index in [0.717, 1.165) is 11.3 Å². The average molecular weight is 216 g/mol. The van der Waals surface area contributed by atoms with Crippen LogP contribution in [0.25, 0.3) is 0 Å². The Balaban J connectivity index is 2.18. The number of rotatable bonds is 5. The SMILES string of the molecule is COC(=O)C(N)CSCc1cnoc1. The Labute approximate surface area is 86.0 Å². The first-order valence-corrected chi connectivity index (χ1v) is 5.19. The molecule has 1 aromatic heterocycles. The lowest BCUT2D eigenvalue weighted by Gasteiger charge is -2.07. The van der Waals surface area contributed by atoms with Crippen molar-refractivity contribution in [2.75, 3.05) is 12.9 Å². The summed E-state index contributed by atoms with van der Waals surface area (Å²) in [6.45, 7) is 0. The van der Waals surface area contributed by atoms with Gasteiger partial charge < -0.3 is 15.0 Å². The van der Waals surface area contributed by atoms with Crippen LogP contribution in [0.3, 0.4) is 0 Å². The van der Waals surface area contributed by atoms with Gasteiger partial charge >= 0.3 is 5.97 Å². The zero-order valence-corrected chi connectivity index (χ0v) is 8.62. The van der Waals surface area contributed by atoms with E-state index in [1.807, 2.05) is 0 Å². The molecule has 0 aliphatic rings. The van der Waals surface area contributed by atoms with E-state index in [9.17, 15) is 4.79 Å². The summed E-state index contributed by atoms with van der Waals surface area (Å²) in [6.07, 6.45) is 3.20. The van der Waals surface area contributed by atoms with Crippen LogP contribution in [0.15, 0.2) is 17.0 Å². The molecular weight excluding hydrogens is 204 g/mol. The lowest BCUT2D eigenvalue weighted by Crippen LogP contribution is -2.33. The van der Waals surface area contributed by atoms with E-state index in [1.54, 1.807) is 12.5 Å². The van der Waals surface area contributed by atoms with Gasteiger partial charge in [0.15, 0.2) is 0 Å². The molecule has 1 atom stereocenters. The van der Waals surface area contributed by atoms with Gasteiger partial charge in [0.1, 0.15) is 12.3 Å². The monoisotopic (exact) mass is 216 g/mol. The first-order valence-electron chi connectivity index (χ1n) is 4.03. The zero-order valence-electron chi connectivity index (χ0n) is 7.80. The molecule has 0 amide bonds. The number of hydrogen-bond acceptors (Lipinski definition) is 6. The Hall–Kier alpha value is -1.01. The summed E-state index contributed by atoms with van der Waals surface area (Å²) in [5, 5.41) is 3.56. The maximum Gasteiger partial charge on any atom is 0.323 e. The van der Waals surface area contributed by atoms with Crippen LogP contribution >= 0.6 is 11.8 Å². The van der Waals surface area contributed by atoms with Crippen LogP contribution in [0, 0.1) is 0 Å². The van der Waals surface area contributed by atoms with Gasteiger partial charge in [-0.25, -0.2) is 0 Å². The third-order valence-electron chi connectivity index (χ3n) is 1.55. The fraction of sp³-hybridized carbons (Fsp3) is 0.500. The number of nitrogens with zero attached hydrogens (tertiary/aromatic N) is 1. The predicted molar refractivity (Wildman–Crippen MR) is 52.7 cm³/mol. The Morgan fingerprint density at radius 2 is 2.64 bits per heavy atom. The third-order valence-corrected chi connectivity index (χ3v) is 2.69. The van der Waals surface area contributed by atoms with Crippen molar-refractivity contribution in [3.8, 4) is 0 Å². The molecule has 0 aliphatic heterocycles. The number of nitrogens with two attached hydrogens (primary N) is 1. The van der Waals surface area contributed by atoms with E-state index in [4.69, 9.17) is 5.73 Å². The molecular formula is C8H12N2O3S. The number of carbonyl (C=O) groups is 1. The number of thioether (sulfide) groups is 1. The van der Waals surface area contributed by atoms with E-state index in [-0.39, 0.29) is 5.97 Å². The molecule has 0 saturated carbocycles. The van der Waals surface area contributed by atoms with Gasteiger partial charge in [0.25, 0.3) is 0 Å². The summed E-state index contributed by atoms with van der Waals surface area (Å²) in [6, 6.07) is -0.565. The number of methoxy groups -OCH3 is 1. The first-order chi connectivity index (χ1) is 6.74. The predicted octanol–water partition coefficient (Wildman–Crippen LogP) is 0.408. The molecule has 0 fully saturated rings. The van der Waals surface area contributed by atoms with Crippen LogP contribution in [-0.4, -0.2) is 30.0 Å². The van der Waals surface area contributed by atoms with E-state index in [2.05, 4.69) is 14.4 Å². The lowest BCUT2D eigenvalue weighted by atomic mass is 10.4. The summed E-state index contributed by atoms with van der Waals surface area (Å²) in [5.41, 5.74) is 6.51. The second-order valence-electron chi connectivity index (χ2n) is 2.68. The van der Waals surface area contributed by atoms with Crippen molar-refractivity contribution >= 4 is 17.7 Å². The molecule has 6 heteroatoms. The molecule has 1 rings (SSSR count). The van der Waals surface area contributed by atoms with Gasteiger partial charge in [-0.1, -0.05) is 5.16 Å². The molecule has 0 bridgehead atoms. The molecule has 78 valence electrons. The van der Waals surface area contributed by atoms with Gasteiger partial charge in [0.05, 0.1) is 13.3 Å². The summed E-state index contributed by atoms with van der Waals surface area (Å²) in [4.78, 5) is 10.9. The van der Waals surface area contributed by atoms with Crippen molar-refractivity contribution in [1.82, 2.24) is 5.16 Å². The van der Waals surface area contributed by atoms with Crippen LogP contribution < -0.4 is 5.73 Å². The van der Waals surface area contributed by atoms with E-state index in [0.29, 0.717) is 5.75 Å². The summed E-state index contributed by atoms with van der Waals surface area (Å²) >= 11 is 1.54. The van der Waals surface area contributed by atoms with Crippen LogP contribution in [0.5, 0.6) is 0 Å². The maximum absolute atomic E-state index is 10.9. The van der Waals surface area contributed by atoms with Crippen LogP contribution in [0.4, 0.5) is 0 Å². The van der Waals surface area contributed by atoms with Gasteiger partial charge in [-0.05, 0) is 0 Å². The average Bonchev–Trinajstić information content (AvgIpc) is 2.69. The molecule has 14 heavy (non-hydrogen) atoms. The smallest absolute Gasteiger partial charge is 0.323 e. The quantitative estimate of drug-likeness (QED) is 0.718. The zero-order chi connectivity index (χ0) is 10.4. The van der Waals surface area contributed by atoms with Gasteiger partial charge in [-0.3, -0.25) is 4.79 Å². The van der Waals surface area contributed by atoms with Gasteiger partial charge in [0, 0.05) is 17.1 Å². The van der Waals surface area contributed by atoms with Crippen LogP contribution in [-0.2, 0) is 15.3 Å². The van der Waals surface area contributed by atoms with Crippen molar-refractivity contribution < 1.29 is 14.1 Å². The van der Waals surface area contributed by atoms with Crippen molar-refractivity contribution in [2.24, 2.45) is 5.73 Å². The first kappa shape index (κ1) is 11.1. The summed E-state index contributed by atoms with van der Waals surface area (Å²) in [7, 11) is 1.33. The Bertz CT molecular complexity index is 276. The Morgan fingerprint density at radius 1 is 1.86 bits per heavy atom. The molecule has 1 aromatic rings. The molecule has 1 unspecified atom stereocenters. The highest BCUT2D eigenvalue weighted by Gasteiger charge is 2.13. The van der Waals surface area contributed by atoms with Gasteiger partial charge in [-0.15, -0.1) is 0 Å². The van der Waals surface area contributed by atoms with Crippen molar-refractivity contribution in [3.63, 3.8) is 0 Å². The number of aromatic nitrogens is 1. The lowest BCUT2D eigenvalue weighted by molar-refractivity contribution is -0.141. The largest absolute Gasteiger partial charge is 0.468 e. The molecule has 0 aliphatic carbocycles. The fourth-order valence-electron chi connectivity index (χ4n) is 0.821. The topological polar surface area (TPSA) is 78.4 Å². The highest BCUT2D eigenvalue weighted by atomic mass is 32.2. The normalized spacial score (nSPS) is 12.4. The number of carbonyl (C=O) groups excluding carboxylic acids is 1. The molecule has 0 saturated heterocycles.